The predicted octanol–water partition coefficient (Wildman–Crippen LogP) is 4.38. The Balaban J connectivity index is 2.46. The van der Waals surface area contributed by atoms with Crippen LogP contribution >= 0.6 is 10.2 Å². The van der Waals surface area contributed by atoms with Gasteiger partial charge in [0, 0.05) is 5.56 Å². The highest BCUT2D eigenvalue weighted by Gasteiger charge is 2.65. The number of alkyl halides is 3. The maximum Gasteiger partial charge on any atom is 0.430 e. The van der Waals surface area contributed by atoms with Crippen LogP contribution in [0, 0.1) is 20.2 Å². The third kappa shape index (κ3) is 6.96. The van der Waals surface area contributed by atoms with Crippen molar-refractivity contribution in [3.05, 3.63) is 49.6 Å². The fourth-order valence-corrected chi connectivity index (χ4v) is 3.13. The standard InChI is InChI=1S/C14H10F8N2O9S/c15-14(16,17)12-10(13(25)32-8(5-30-23(26)27)6-31-24(28)29)4-7-3-9(1-2-11(7)33-12)34(18,19,20,21)22/h1-4,8,12H,5-6H2. The number of rotatable bonds is 9. The molecule has 11 nitrogen and oxygen atoms in total. The Labute approximate surface area is 181 Å². The molecule has 192 valence electrons. The van der Waals surface area contributed by atoms with E-state index in [0.29, 0.717) is 0 Å². The van der Waals surface area contributed by atoms with Gasteiger partial charge in [0.1, 0.15) is 30.0 Å². The van der Waals surface area contributed by atoms with Crippen LogP contribution in [0.15, 0.2) is 28.7 Å². The normalized spacial score (nSPS) is 17.9. The minimum Gasteiger partial charge on any atom is -0.475 e. The summed E-state index contributed by atoms with van der Waals surface area (Å²) in [6.07, 6.45) is -10.5. The van der Waals surface area contributed by atoms with Gasteiger partial charge in [-0.2, -0.15) is 13.2 Å². The number of esters is 1. The molecule has 1 unspecified atom stereocenters. The highest BCUT2D eigenvalue weighted by molar-refractivity contribution is 8.45. The summed E-state index contributed by atoms with van der Waals surface area (Å²) in [4.78, 5) is 37.9. The van der Waals surface area contributed by atoms with Crippen molar-refractivity contribution in [3.8, 4) is 5.75 Å². The van der Waals surface area contributed by atoms with Crippen LogP contribution < -0.4 is 4.74 Å². The molecule has 0 saturated carbocycles. The number of nitrogens with zero attached hydrogens (tertiary/aromatic N) is 2. The summed E-state index contributed by atoms with van der Waals surface area (Å²) in [6.45, 7) is -2.50. The summed E-state index contributed by atoms with van der Waals surface area (Å²) in [5, 5.41) is 17.6. The third-order valence-corrected chi connectivity index (χ3v) is 4.95. The summed E-state index contributed by atoms with van der Waals surface area (Å²) in [5.41, 5.74) is -2.55. The van der Waals surface area contributed by atoms with E-state index in [4.69, 9.17) is 0 Å². The molecule has 1 aliphatic heterocycles. The number of benzene rings is 1. The molecule has 0 radical (unpaired) electrons. The number of hydrogen-bond donors (Lipinski definition) is 0. The quantitative estimate of drug-likeness (QED) is 0.195. The number of ether oxygens (including phenoxy) is 2. The van der Waals surface area contributed by atoms with E-state index in [1.165, 1.54) is 0 Å². The lowest BCUT2D eigenvalue weighted by molar-refractivity contribution is -0.768. The van der Waals surface area contributed by atoms with Crippen molar-refractivity contribution >= 4 is 22.3 Å². The van der Waals surface area contributed by atoms with Gasteiger partial charge in [-0.05, 0) is 24.3 Å². The Bertz CT molecular complexity index is 1030. The third-order valence-electron chi connectivity index (χ3n) is 3.80. The zero-order chi connectivity index (χ0) is 26.2. The molecular weight excluding hydrogens is 524 g/mol. The van der Waals surface area contributed by atoms with E-state index in [1.54, 1.807) is 0 Å². The molecule has 20 heteroatoms. The first-order chi connectivity index (χ1) is 15.2. The minimum absolute atomic E-state index is 0.131. The van der Waals surface area contributed by atoms with E-state index in [-0.39, 0.29) is 24.3 Å². The van der Waals surface area contributed by atoms with Crippen molar-refractivity contribution in [2.45, 2.75) is 23.3 Å². The van der Waals surface area contributed by atoms with Crippen molar-refractivity contribution in [1.29, 1.82) is 0 Å². The van der Waals surface area contributed by atoms with Gasteiger partial charge in [-0.25, -0.2) is 4.79 Å². The van der Waals surface area contributed by atoms with Gasteiger partial charge in [-0.1, -0.05) is 19.4 Å². The molecule has 34 heavy (non-hydrogen) atoms. The zero-order valence-electron chi connectivity index (χ0n) is 15.9. The van der Waals surface area contributed by atoms with E-state index >= 15 is 0 Å². The molecule has 0 aromatic heterocycles. The monoisotopic (exact) mass is 534 g/mol. The van der Waals surface area contributed by atoms with E-state index < -0.39 is 79.7 Å². The van der Waals surface area contributed by atoms with Gasteiger partial charge in [-0.3, -0.25) is 0 Å². The maximum absolute atomic E-state index is 13.4. The number of fused-ring (bicyclic) bond motifs is 1. The Morgan fingerprint density at radius 1 is 1.06 bits per heavy atom. The number of halogens is 8. The van der Waals surface area contributed by atoms with Gasteiger partial charge >= 0.3 is 22.4 Å². The van der Waals surface area contributed by atoms with Crippen LogP contribution in [0.5, 0.6) is 5.75 Å². The largest absolute Gasteiger partial charge is 0.475 e. The smallest absolute Gasteiger partial charge is 0.430 e. The molecule has 1 aromatic rings. The lowest BCUT2D eigenvalue weighted by atomic mass is 10.0. The van der Waals surface area contributed by atoms with E-state index in [2.05, 4.69) is 19.1 Å². The van der Waals surface area contributed by atoms with Crippen LogP contribution in [0.3, 0.4) is 0 Å². The molecule has 0 aliphatic carbocycles. The van der Waals surface area contributed by atoms with Gasteiger partial charge in [0.15, 0.2) is 0 Å². The predicted molar refractivity (Wildman–Crippen MR) is 92.1 cm³/mol. The first-order valence-electron chi connectivity index (χ1n) is 8.26. The molecule has 1 aliphatic rings. The average molecular weight is 534 g/mol. The first-order valence-corrected chi connectivity index (χ1v) is 10.2. The van der Waals surface area contributed by atoms with Crippen molar-refractivity contribution in [3.63, 3.8) is 0 Å². The molecule has 0 fully saturated rings. The zero-order valence-corrected chi connectivity index (χ0v) is 16.7. The van der Waals surface area contributed by atoms with Crippen LogP contribution in [0.25, 0.3) is 6.08 Å². The summed E-state index contributed by atoms with van der Waals surface area (Å²) >= 11 is 0. The van der Waals surface area contributed by atoms with Crippen molar-refractivity contribution in [1.82, 2.24) is 0 Å². The highest BCUT2D eigenvalue weighted by atomic mass is 32.5. The van der Waals surface area contributed by atoms with Gasteiger partial charge in [-0.15, -0.1) is 20.2 Å². The minimum atomic E-state index is -10.3. The summed E-state index contributed by atoms with van der Waals surface area (Å²) in [7, 11) is -10.3. The lowest BCUT2D eigenvalue weighted by Crippen LogP contribution is -2.42. The highest BCUT2D eigenvalue weighted by Crippen LogP contribution is 3.02. The number of carbonyl (C=O) groups excluding carboxylic acids is 1. The number of carbonyl (C=O) groups is 1. The van der Waals surface area contributed by atoms with Crippen LogP contribution in [-0.4, -0.2) is 47.7 Å². The van der Waals surface area contributed by atoms with Gasteiger partial charge < -0.3 is 19.1 Å². The Hall–Kier alpha value is -3.58. The van der Waals surface area contributed by atoms with Crippen LogP contribution in [-0.2, 0) is 19.2 Å². The fourth-order valence-electron chi connectivity index (χ4n) is 2.45. The summed E-state index contributed by atoms with van der Waals surface area (Å²) in [6, 6.07) is -0.261. The average Bonchev–Trinajstić information content (AvgIpc) is 2.65. The number of hydrogen-bond acceptors (Lipinski definition) is 9. The lowest BCUT2D eigenvalue weighted by Gasteiger charge is -2.41. The van der Waals surface area contributed by atoms with E-state index in [0.717, 1.165) is 0 Å². The van der Waals surface area contributed by atoms with E-state index in [9.17, 15) is 57.6 Å². The van der Waals surface area contributed by atoms with E-state index in [1.807, 2.05) is 0 Å². The van der Waals surface area contributed by atoms with Gasteiger partial charge in [0.05, 0.1) is 5.57 Å². The second-order valence-electron chi connectivity index (χ2n) is 6.37. The fraction of sp³-hybridized carbons (Fsp3) is 0.357. The topological polar surface area (TPSA) is 140 Å². The molecule has 0 spiro atoms. The van der Waals surface area contributed by atoms with Crippen LogP contribution in [0.4, 0.5) is 32.6 Å². The molecule has 1 heterocycles. The molecular formula is C14H10F8N2O9S. The van der Waals surface area contributed by atoms with Crippen molar-refractivity contribution in [2.24, 2.45) is 0 Å². The SMILES string of the molecule is O=C(OC(CO[N+](=O)[O-])CO[N+](=O)[O-])C1=Cc2cc(S(F)(F)(F)(F)F)ccc2OC1C(F)(F)F. The van der Waals surface area contributed by atoms with Gasteiger partial charge in [0.25, 0.3) is 10.2 Å². The summed E-state index contributed by atoms with van der Waals surface area (Å²) in [5.74, 6) is -2.95. The Morgan fingerprint density at radius 3 is 2.03 bits per heavy atom. The van der Waals surface area contributed by atoms with Crippen LogP contribution in [0.2, 0.25) is 0 Å². The van der Waals surface area contributed by atoms with Gasteiger partial charge in [0.2, 0.25) is 6.10 Å². The summed E-state index contributed by atoms with van der Waals surface area (Å²) < 4.78 is 114. The Morgan fingerprint density at radius 2 is 1.59 bits per heavy atom. The molecule has 0 amide bonds. The van der Waals surface area contributed by atoms with Crippen molar-refractivity contribution < 1.29 is 66.7 Å². The second-order valence-corrected chi connectivity index (χ2v) is 8.78. The molecule has 2 rings (SSSR count). The molecule has 0 N–H and O–H groups in total. The molecule has 0 saturated heterocycles. The molecule has 1 aromatic carbocycles. The first kappa shape index (κ1) is 26.7. The molecule has 1 atom stereocenters. The van der Waals surface area contributed by atoms with Crippen molar-refractivity contribution in [2.75, 3.05) is 13.2 Å². The maximum atomic E-state index is 13.4. The Kier molecular flexibility index (Phi) is 6.29. The van der Waals surface area contributed by atoms with Crippen LogP contribution in [0.1, 0.15) is 5.56 Å². The second kappa shape index (κ2) is 8.02. The molecule has 0 bridgehead atoms.